The van der Waals surface area contributed by atoms with Crippen LogP contribution in [0.15, 0.2) is 0 Å². The number of hydrogen-bond acceptors (Lipinski definition) is 2. The van der Waals surface area contributed by atoms with E-state index in [1.165, 1.54) is 0 Å². The van der Waals surface area contributed by atoms with Crippen molar-refractivity contribution in [2.75, 3.05) is 6.54 Å². The summed E-state index contributed by atoms with van der Waals surface area (Å²) in [7, 11) is 0. The molecule has 0 aromatic rings. The first-order valence-corrected chi connectivity index (χ1v) is 3.51. The Morgan fingerprint density at radius 3 is 2.09 bits per heavy atom. The predicted molar refractivity (Wildman–Crippen MR) is 36.9 cm³/mol. The molecule has 68 valence electrons. The van der Waals surface area contributed by atoms with Gasteiger partial charge in [0.15, 0.2) is 0 Å². The minimum atomic E-state index is -4.26. The van der Waals surface area contributed by atoms with Crippen molar-refractivity contribution in [3.8, 4) is 0 Å². The first kappa shape index (κ1) is 10.7. The quantitative estimate of drug-likeness (QED) is 0.618. The number of alkyl halides is 3. The van der Waals surface area contributed by atoms with Gasteiger partial charge in [0, 0.05) is 0 Å². The Bertz CT molecular complexity index is 102. The molecule has 0 aliphatic heterocycles. The molecule has 0 unspecified atom stereocenters. The number of nitrogens with two attached hydrogens (primary N) is 2. The fourth-order valence-corrected chi connectivity index (χ4v) is 0.672. The summed E-state index contributed by atoms with van der Waals surface area (Å²) in [5.41, 5.74) is 9.93. The second-order valence-electron chi connectivity index (χ2n) is 2.43. The number of unbranched alkanes of at least 4 members (excludes halogenated alkanes) is 1. The van der Waals surface area contributed by atoms with Crippen molar-refractivity contribution >= 4 is 0 Å². The Morgan fingerprint density at radius 1 is 1.18 bits per heavy atom. The average Bonchev–Trinajstić information content (AvgIpc) is 1.86. The number of rotatable bonds is 4. The van der Waals surface area contributed by atoms with Gasteiger partial charge in [-0.1, -0.05) is 6.42 Å². The van der Waals surface area contributed by atoms with Crippen molar-refractivity contribution in [3.63, 3.8) is 0 Å². The highest BCUT2D eigenvalue weighted by atomic mass is 19.4. The maximum Gasteiger partial charge on any atom is 0.403 e. The van der Waals surface area contributed by atoms with E-state index in [0.29, 0.717) is 19.4 Å². The van der Waals surface area contributed by atoms with Crippen LogP contribution in [0, 0.1) is 0 Å². The maximum atomic E-state index is 11.7. The molecular weight excluding hydrogens is 157 g/mol. The highest BCUT2D eigenvalue weighted by Gasteiger charge is 2.35. The molecule has 0 saturated heterocycles. The second kappa shape index (κ2) is 4.56. The molecule has 0 saturated carbocycles. The summed E-state index contributed by atoms with van der Waals surface area (Å²) in [6, 6.07) is -1.69. The van der Waals surface area contributed by atoms with Gasteiger partial charge in [0.1, 0.15) is 6.04 Å². The fourth-order valence-electron chi connectivity index (χ4n) is 0.672. The van der Waals surface area contributed by atoms with Crippen LogP contribution < -0.4 is 11.5 Å². The van der Waals surface area contributed by atoms with E-state index >= 15 is 0 Å². The van der Waals surface area contributed by atoms with E-state index in [4.69, 9.17) is 11.5 Å². The van der Waals surface area contributed by atoms with Crippen LogP contribution in [-0.2, 0) is 0 Å². The van der Waals surface area contributed by atoms with Crippen molar-refractivity contribution < 1.29 is 13.2 Å². The summed E-state index contributed by atoms with van der Waals surface area (Å²) in [6.45, 7) is 0.421. The van der Waals surface area contributed by atoms with Crippen LogP contribution >= 0.6 is 0 Å². The summed E-state index contributed by atoms with van der Waals surface area (Å²) >= 11 is 0. The minimum absolute atomic E-state index is 0.0271. The van der Waals surface area contributed by atoms with Crippen molar-refractivity contribution in [3.05, 3.63) is 0 Å². The first-order valence-electron chi connectivity index (χ1n) is 3.51. The van der Waals surface area contributed by atoms with E-state index < -0.39 is 12.2 Å². The van der Waals surface area contributed by atoms with Gasteiger partial charge in [-0.15, -0.1) is 0 Å². The lowest BCUT2D eigenvalue weighted by Crippen LogP contribution is -2.37. The number of hydrogen-bond donors (Lipinski definition) is 2. The monoisotopic (exact) mass is 170 g/mol. The molecule has 2 nitrogen and oxygen atoms in total. The Morgan fingerprint density at radius 2 is 1.73 bits per heavy atom. The van der Waals surface area contributed by atoms with Crippen LogP contribution in [0.3, 0.4) is 0 Å². The van der Waals surface area contributed by atoms with Gasteiger partial charge in [0.05, 0.1) is 0 Å². The summed E-state index contributed by atoms with van der Waals surface area (Å²) in [5.74, 6) is 0. The van der Waals surface area contributed by atoms with E-state index in [9.17, 15) is 13.2 Å². The molecule has 0 rings (SSSR count). The molecule has 0 aromatic carbocycles. The standard InChI is InChI=1S/C6H13F3N2/c7-6(8,9)5(11)3-1-2-4-10/h5H,1-4,10-11H2/t5-/m1/s1. The van der Waals surface area contributed by atoms with Gasteiger partial charge in [-0.05, 0) is 19.4 Å². The van der Waals surface area contributed by atoms with Gasteiger partial charge in [-0.25, -0.2) is 0 Å². The highest BCUT2D eigenvalue weighted by molar-refractivity contribution is 4.69. The Hall–Kier alpha value is -0.290. The molecule has 0 aliphatic carbocycles. The summed E-state index contributed by atoms with van der Waals surface area (Å²) < 4.78 is 35.2. The molecule has 1 atom stereocenters. The van der Waals surface area contributed by atoms with E-state index in [1.54, 1.807) is 0 Å². The van der Waals surface area contributed by atoms with Crippen molar-refractivity contribution in [1.29, 1.82) is 0 Å². The lowest BCUT2D eigenvalue weighted by atomic mass is 10.1. The lowest BCUT2D eigenvalue weighted by molar-refractivity contribution is -0.149. The Labute approximate surface area is 63.7 Å². The van der Waals surface area contributed by atoms with E-state index in [0.717, 1.165) is 0 Å². The second-order valence-corrected chi connectivity index (χ2v) is 2.43. The Balaban J connectivity index is 3.44. The van der Waals surface area contributed by atoms with Crippen LogP contribution in [0.1, 0.15) is 19.3 Å². The Kier molecular flexibility index (Phi) is 4.44. The third-order valence-corrected chi connectivity index (χ3v) is 1.39. The third-order valence-electron chi connectivity index (χ3n) is 1.39. The van der Waals surface area contributed by atoms with Crippen molar-refractivity contribution in [2.24, 2.45) is 11.5 Å². The van der Waals surface area contributed by atoms with Crippen LogP contribution in [-0.4, -0.2) is 18.8 Å². The van der Waals surface area contributed by atoms with Crippen molar-refractivity contribution in [2.45, 2.75) is 31.5 Å². The smallest absolute Gasteiger partial charge is 0.330 e. The van der Waals surface area contributed by atoms with Gasteiger partial charge in [-0.3, -0.25) is 0 Å². The molecule has 0 heterocycles. The minimum Gasteiger partial charge on any atom is -0.330 e. The van der Waals surface area contributed by atoms with E-state index in [2.05, 4.69) is 0 Å². The molecule has 0 aromatic heterocycles. The summed E-state index contributed by atoms with van der Waals surface area (Å²) in [5, 5.41) is 0. The van der Waals surface area contributed by atoms with Crippen molar-refractivity contribution in [1.82, 2.24) is 0 Å². The van der Waals surface area contributed by atoms with E-state index in [1.807, 2.05) is 0 Å². The van der Waals surface area contributed by atoms with Gasteiger partial charge in [0.2, 0.25) is 0 Å². The topological polar surface area (TPSA) is 52.0 Å². The van der Waals surface area contributed by atoms with Crippen LogP contribution in [0.2, 0.25) is 0 Å². The van der Waals surface area contributed by atoms with Crippen LogP contribution in [0.5, 0.6) is 0 Å². The fraction of sp³-hybridized carbons (Fsp3) is 1.00. The molecule has 0 fully saturated rings. The normalized spacial score (nSPS) is 15.0. The molecule has 4 N–H and O–H groups in total. The van der Waals surface area contributed by atoms with Gasteiger partial charge in [-0.2, -0.15) is 13.2 Å². The largest absolute Gasteiger partial charge is 0.403 e. The van der Waals surface area contributed by atoms with Gasteiger partial charge < -0.3 is 11.5 Å². The zero-order valence-corrected chi connectivity index (χ0v) is 6.19. The zero-order chi connectivity index (χ0) is 8.91. The SMILES string of the molecule is NCCCC[C@@H](N)C(F)(F)F. The van der Waals surface area contributed by atoms with Gasteiger partial charge in [0.25, 0.3) is 0 Å². The average molecular weight is 170 g/mol. The summed E-state index contributed by atoms with van der Waals surface area (Å²) in [6.07, 6.45) is -3.24. The molecule has 0 aliphatic rings. The van der Waals surface area contributed by atoms with E-state index in [-0.39, 0.29) is 6.42 Å². The van der Waals surface area contributed by atoms with Gasteiger partial charge >= 0.3 is 6.18 Å². The first-order chi connectivity index (χ1) is 4.98. The van der Waals surface area contributed by atoms with Crippen LogP contribution in [0.25, 0.3) is 0 Å². The molecule has 0 amide bonds. The predicted octanol–water partition coefficient (Wildman–Crippen LogP) is 1.01. The highest BCUT2D eigenvalue weighted by Crippen LogP contribution is 2.21. The molecule has 11 heavy (non-hydrogen) atoms. The molecule has 0 radical (unpaired) electrons. The third kappa shape index (κ3) is 5.03. The molecule has 0 bridgehead atoms. The maximum absolute atomic E-state index is 11.7. The zero-order valence-electron chi connectivity index (χ0n) is 6.19. The molecular formula is C6H13F3N2. The van der Waals surface area contributed by atoms with Crippen LogP contribution in [0.4, 0.5) is 13.2 Å². The lowest BCUT2D eigenvalue weighted by Gasteiger charge is -2.14. The summed E-state index contributed by atoms with van der Waals surface area (Å²) in [4.78, 5) is 0. The molecule has 5 heteroatoms. The number of halogens is 3. The molecule has 0 spiro atoms.